The first-order valence-electron chi connectivity index (χ1n) is 4.91. The fourth-order valence-corrected chi connectivity index (χ4v) is 1.53. The number of fused-ring (bicyclic) bond motifs is 3. The summed E-state index contributed by atoms with van der Waals surface area (Å²) in [6.07, 6.45) is 1.66. The van der Waals surface area contributed by atoms with Crippen molar-refractivity contribution in [3.05, 3.63) is 12.0 Å². The van der Waals surface area contributed by atoms with Gasteiger partial charge in [-0.3, -0.25) is 4.68 Å². The molecule has 3 heterocycles. The lowest BCUT2D eigenvalue weighted by molar-refractivity contribution is 0.0810. The maximum absolute atomic E-state index is 5.32. The number of nitrogens with one attached hydrogen (secondary N) is 1. The van der Waals surface area contributed by atoms with E-state index in [-0.39, 0.29) is 0 Å². The van der Waals surface area contributed by atoms with Gasteiger partial charge in [-0.25, -0.2) is 4.98 Å². The molecular formula is C9H14N4O. The minimum Gasteiger partial charge on any atom is -0.373 e. The fourth-order valence-electron chi connectivity index (χ4n) is 1.53. The second kappa shape index (κ2) is 3.79. The van der Waals surface area contributed by atoms with Crippen molar-refractivity contribution in [1.82, 2.24) is 19.7 Å². The van der Waals surface area contributed by atoms with E-state index in [1.54, 1.807) is 6.33 Å². The van der Waals surface area contributed by atoms with Crippen LogP contribution in [0.4, 0.5) is 0 Å². The number of ether oxygens (including phenoxy) is 1. The Morgan fingerprint density at radius 3 is 3.21 bits per heavy atom. The number of hydrogen-bond donors (Lipinski definition) is 1. The molecule has 76 valence electrons. The highest BCUT2D eigenvalue weighted by atomic mass is 16.5. The van der Waals surface area contributed by atoms with Crippen LogP contribution in [-0.4, -0.2) is 26.4 Å². The fraction of sp³-hybridized carbons (Fsp3) is 0.556. The minimum absolute atomic E-state index is 0.638. The Bertz CT molecular complexity index is 417. The smallest absolute Gasteiger partial charge is 0.199 e. The molecule has 0 fully saturated rings. The molecule has 0 atom stereocenters. The highest BCUT2D eigenvalue weighted by Crippen LogP contribution is 2.17. The molecule has 5 nitrogen and oxygen atoms in total. The summed E-state index contributed by atoms with van der Waals surface area (Å²) >= 11 is 0. The highest BCUT2D eigenvalue weighted by molar-refractivity contribution is 5.73. The average Bonchev–Trinajstić information content (AvgIpc) is 2.80. The Hall–Kier alpha value is -1.36. The van der Waals surface area contributed by atoms with Gasteiger partial charge in [-0.05, 0) is 0 Å². The van der Waals surface area contributed by atoms with E-state index >= 15 is 0 Å². The number of H-pyrrole nitrogens is 1. The lowest BCUT2D eigenvalue weighted by Gasteiger charge is -2.13. The molecule has 0 saturated heterocycles. The number of nitrogens with zero attached hydrogens (tertiary/aromatic N) is 3. The molecular weight excluding hydrogens is 180 g/mol. The largest absolute Gasteiger partial charge is 0.373 e. The van der Waals surface area contributed by atoms with Crippen LogP contribution in [-0.2, 0) is 17.9 Å². The topological polar surface area (TPSA) is 55.7 Å². The number of hydrogen-bond acceptors (Lipinski definition) is 3. The minimum atomic E-state index is 0.638. The molecule has 0 spiro atoms. The van der Waals surface area contributed by atoms with E-state index in [2.05, 4.69) is 15.1 Å². The zero-order valence-corrected chi connectivity index (χ0v) is 8.45. The van der Waals surface area contributed by atoms with E-state index < -0.39 is 0 Å². The van der Waals surface area contributed by atoms with Gasteiger partial charge in [0.15, 0.2) is 5.65 Å². The van der Waals surface area contributed by atoms with Gasteiger partial charge in [0, 0.05) is 0 Å². The van der Waals surface area contributed by atoms with Gasteiger partial charge in [-0.1, -0.05) is 13.8 Å². The van der Waals surface area contributed by atoms with Gasteiger partial charge < -0.3 is 9.72 Å². The van der Waals surface area contributed by atoms with Crippen LogP contribution < -0.4 is 0 Å². The third-order valence-electron chi connectivity index (χ3n) is 2.12. The first-order valence-corrected chi connectivity index (χ1v) is 4.91. The lowest BCUT2D eigenvalue weighted by Crippen LogP contribution is -2.17. The molecule has 0 unspecified atom stereocenters. The number of aromatic amines is 1. The predicted octanol–water partition coefficient (Wildman–Crippen LogP) is 1.32. The number of rotatable bonds is 0. The normalized spacial score (nSPS) is 14.7. The van der Waals surface area contributed by atoms with Gasteiger partial charge in [0.05, 0.1) is 31.8 Å². The summed E-state index contributed by atoms with van der Waals surface area (Å²) in [6, 6.07) is 0. The average molecular weight is 194 g/mol. The third kappa shape index (κ3) is 1.29. The molecule has 14 heavy (non-hydrogen) atoms. The summed E-state index contributed by atoms with van der Waals surface area (Å²) in [5.74, 6) is 0. The van der Waals surface area contributed by atoms with Gasteiger partial charge in [-0.15, -0.1) is 0 Å². The molecule has 1 aliphatic heterocycles. The van der Waals surface area contributed by atoms with E-state index in [9.17, 15) is 0 Å². The molecule has 5 heteroatoms. The molecule has 0 saturated carbocycles. The van der Waals surface area contributed by atoms with E-state index in [1.807, 2.05) is 18.5 Å². The van der Waals surface area contributed by atoms with Crippen molar-refractivity contribution in [2.24, 2.45) is 0 Å². The Morgan fingerprint density at radius 1 is 1.50 bits per heavy atom. The van der Waals surface area contributed by atoms with Crippen LogP contribution in [0.1, 0.15) is 19.5 Å². The standard InChI is InChI=1S/C7H8N4O.C2H6/c1-2-12-3-5-6-7(9-4-8-6)10-11(1)5;1-2/h4H,1-3H2,(H,8,9,10);1-2H3. The highest BCUT2D eigenvalue weighted by Gasteiger charge is 2.16. The van der Waals surface area contributed by atoms with Gasteiger partial charge >= 0.3 is 0 Å². The summed E-state index contributed by atoms with van der Waals surface area (Å²) in [5.41, 5.74) is 2.90. The first kappa shape index (κ1) is 9.21. The molecule has 2 aromatic heterocycles. The van der Waals surface area contributed by atoms with Crippen molar-refractivity contribution in [2.45, 2.75) is 27.0 Å². The van der Waals surface area contributed by atoms with Crippen molar-refractivity contribution in [2.75, 3.05) is 6.61 Å². The molecule has 1 aliphatic rings. The SMILES string of the molecule is CC.c1nc2nn3c(c2[nH]1)COCC3. The maximum atomic E-state index is 5.32. The second-order valence-electron chi connectivity index (χ2n) is 2.82. The molecule has 0 aromatic carbocycles. The predicted molar refractivity (Wildman–Crippen MR) is 52.9 cm³/mol. The van der Waals surface area contributed by atoms with Crippen molar-refractivity contribution >= 4 is 11.2 Å². The van der Waals surface area contributed by atoms with Gasteiger partial charge in [0.1, 0.15) is 5.52 Å². The Balaban J connectivity index is 0.000000354. The van der Waals surface area contributed by atoms with Crippen LogP contribution in [0.15, 0.2) is 6.33 Å². The van der Waals surface area contributed by atoms with Crippen LogP contribution in [0.5, 0.6) is 0 Å². The molecule has 3 rings (SSSR count). The van der Waals surface area contributed by atoms with Crippen molar-refractivity contribution < 1.29 is 4.74 Å². The van der Waals surface area contributed by atoms with Gasteiger partial charge in [0.2, 0.25) is 0 Å². The van der Waals surface area contributed by atoms with Crippen LogP contribution in [0, 0.1) is 0 Å². The summed E-state index contributed by atoms with van der Waals surface area (Å²) in [7, 11) is 0. The van der Waals surface area contributed by atoms with E-state index in [0.29, 0.717) is 6.61 Å². The van der Waals surface area contributed by atoms with Crippen LogP contribution >= 0.6 is 0 Å². The van der Waals surface area contributed by atoms with Crippen LogP contribution in [0.2, 0.25) is 0 Å². The quantitative estimate of drug-likeness (QED) is 0.688. The molecule has 0 bridgehead atoms. The van der Waals surface area contributed by atoms with Gasteiger partial charge in [0.25, 0.3) is 0 Å². The molecule has 2 aromatic rings. The van der Waals surface area contributed by atoms with Crippen LogP contribution in [0.3, 0.4) is 0 Å². The van der Waals surface area contributed by atoms with E-state index in [4.69, 9.17) is 4.74 Å². The third-order valence-corrected chi connectivity index (χ3v) is 2.12. The van der Waals surface area contributed by atoms with Crippen molar-refractivity contribution in [3.8, 4) is 0 Å². The molecule has 0 amide bonds. The zero-order chi connectivity index (χ0) is 9.97. The molecule has 0 aliphatic carbocycles. The molecule has 0 radical (unpaired) electrons. The van der Waals surface area contributed by atoms with Crippen molar-refractivity contribution in [1.29, 1.82) is 0 Å². The first-order chi connectivity index (χ1) is 6.95. The number of imidazole rings is 1. The molecule has 1 N–H and O–H groups in total. The summed E-state index contributed by atoms with van der Waals surface area (Å²) in [4.78, 5) is 7.13. The maximum Gasteiger partial charge on any atom is 0.199 e. The summed E-state index contributed by atoms with van der Waals surface area (Å²) in [5, 5.41) is 4.31. The Morgan fingerprint density at radius 2 is 2.36 bits per heavy atom. The van der Waals surface area contributed by atoms with E-state index in [0.717, 1.165) is 30.0 Å². The Kier molecular flexibility index (Phi) is 2.49. The monoisotopic (exact) mass is 194 g/mol. The zero-order valence-electron chi connectivity index (χ0n) is 8.45. The summed E-state index contributed by atoms with van der Waals surface area (Å²) in [6.45, 7) is 6.22. The second-order valence-corrected chi connectivity index (χ2v) is 2.82. The van der Waals surface area contributed by atoms with Gasteiger partial charge in [-0.2, -0.15) is 5.10 Å². The lowest BCUT2D eigenvalue weighted by atomic mass is 10.4. The summed E-state index contributed by atoms with van der Waals surface area (Å²) < 4.78 is 7.28. The van der Waals surface area contributed by atoms with Crippen LogP contribution in [0.25, 0.3) is 11.2 Å². The number of aromatic nitrogens is 4. The Labute approximate surface area is 82.1 Å². The van der Waals surface area contributed by atoms with Crippen molar-refractivity contribution in [3.63, 3.8) is 0 Å². The van der Waals surface area contributed by atoms with E-state index in [1.165, 1.54) is 0 Å².